The zero-order chi connectivity index (χ0) is 12.4. The highest BCUT2D eigenvalue weighted by Crippen LogP contribution is 2.33. The molecular weight excluding hydrogens is 234 g/mol. The Labute approximate surface area is 108 Å². The number of hydrogen-bond donors (Lipinski definition) is 1. The fourth-order valence-corrected chi connectivity index (χ4v) is 2.78. The second-order valence-corrected chi connectivity index (χ2v) is 5.01. The van der Waals surface area contributed by atoms with Crippen molar-refractivity contribution in [3.63, 3.8) is 0 Å². The predicted molar refractivity (Wildman–Crippen MR) is 74.9 cm³/mol. The number of hydrogen-bond acceptors (Lipinski definition) is 3. The topological polar surface area (TPSA) is 32.5 Å². The molecule has 1 aliphatic rings. The van der Waals surface area contributed by atoms with Crippen LogP contribution in [0, 0.1) is 6.92 Å². The number of aryl methyl sites for hydroxylation is 1. The van der Waals surface area contributed by atoms with E-state index in [1.807, 2.05) is 19.1 Å². The Balaban J connectivity index is 2.18. The van der Waals surface area contributed by atoms with E-state index in [4.69, 9.17) is 17.3 Å². The monoisotopic (exact) mass is 253 g/mol. The summed E-state index contributed by atoms with van der Waals surface area (Å²) in [5.41, 5.74) is 8.99. The molecule has 1 heterocycles. The highest BCUT2D eigenvalue weighted by molar-refractivity contribution is 6.34. The van der Waals surface area contributed by atoms with Crippen LogP contribution in [0.4, 0.5) is 11.4 Å². The summed E-state index contributed by atoms with van der Waals surface area (Å²) in [4.78, 5) is 4.73. The van der Waals surface area contributed by atoms with Crippen LogP contribution in [-0.2, 0) is 0 Å². The molecule has 0 aromatic heterocycles. The maximum absolute atomic E-state index is 6.30. The van der Waals surface area contributed by atoms with E-state index in [2.05, 4.69) is 16.7 Å². The Morgan fingerprint density at radius 1 is 1.24 bits per heavy atom. The average Bonchev–Trinajstić information content (AvgIpc) is 2.28. The van der Waals surface area contributed by atoms with Gasteiger partial charge in [-0.2, -0.15) is 0 Å². The Hall–Kier alpha value is -0.930. The quantitative estimate of drug-likeness (QED) is 0.822. The second kappa shape index (κ2) is 5.15. The lowest BCUT2D eigenvalue weighted by Gasteiger charge is -2.36. The van der Waals surface area contributed by atoms with Gasteiger partial charge in [-0.1, -0.05) is 18.5 Å². The van der Waals surface area contributed by atoms with Gasteiger partial charge in [-0.25, -0.2) is 0 Å². The van der Waals surface area contributed by atoms with Crippen molar-refractivity contribution in [3.05, 3.63) is 22.7 Å². The number of rotatable bonds is 2. The van der Waals surface area contributed by atoms with Gasteiger partial charge in [-0.3, -0.25) is 0 Å². The number of piperazine rings is 1. The van der Waals surface area contributed by atoms with E-state index in [0.29, 0.717) is 0 Å². The summed E-state index contributed by atoms with van der Waals surface area (Å²) in [7, 11) is 0. The first-order valence-corrected chi connectivity index (χ1v) is 6.52. The second-order valence-electron chi connectivity index (χ2n) is 4.61. The van der Waals surface area contributed by atoms with Crippen molar-refractivity contribution < 1.29 is 0 Å². The average molecular weight is 254 g/mol. The minimum atomic E-state index is 0.771. The molecule has 0 unspecified atom stereocenters. The van der Waals surface area contributed by atoms with Gasteiger partial charge in [0.1, 0.15) is 0 Å². The van der Waals surface area contributed by atoms with Crippen molar-refractivity contribution in [1.82, 2.24) is 4.90 Å². The molecule has 1 aliphatic heterocycles. The van der Waals surface area contributed by atoms with Gasteiger partial charge in [0.25, 0.3) is 0 Å². The summed E-state index contributed by atoms with van der Waals surface area (Å²) in [5, 5.41) is 0.771. The maximum atomic E-state index is 6.30. The number of nitrogen functional groups attached to an aromatic ring is 1. The summed E-state index contributed by atoms with van der Waals surface area (Å²) in [6.45, 7) is 9.50. The Kier molecular flexibility index (Phi) is 3.79. The van der Waals surface area contributed by atoms with Crippen LogP contribution in [0.2, 0.25) is 5.02 Å². The molecule has 2 rings (SSSR count). The molecule has 0 aliphatic carbocycles. The van der Waals surface area contributed by atoms with Gasteiger partial charge in [0.2, 0.25) is 0 Å². The van der Waals surface area contributed by atoms with Crippen LogP contribution in [0.3, 0.4) is 0 Å². The maximum Gasteiger partial charge on any atom is 0.0790 e. The van der Waals surface area contributed by atoms with Crippen molar-refractivity contribution in [1.29, 1.82) is 0 Å². The first-order chi connectivity index (χ1) is 8.11. The third kappa shape index (κ3) is 2.67. The fourth-order valence-electron chi connectivity index (χ4n) is 2.38. The van der Waals surface area contributed by atoms with E-state index < -0.39 is 0 Å². The third-order valence-electron chi connectivity index (χ3n) is 3.37. The van der Waals surface area contributed by atoms with Crippen LogP contribution in [0.15, 0.2) is 12.1 Å². The molecule has 0 spiro atoms. The molecule has 1 aromatic rings. The van der Waals surface area contributed by atoms with Crippen molar-refractivity contribution in [2.75, 3.05) is 43.4 Å². The van der Waals surface area contributed by atoms with E-state index in [0.717, 1.165) is 54.7 Å². The highest BCUT2D eigenvalue weighted by Gasteiger charge is 2.19. The van der Waals surface area contributed by atoms with Crippen LogP contribution >= 0.6 is 11.6 Å². The number of nitrogens with zero attached hydrogens (tertiary/aromatic N) is 2. The molecule has 2 N–H and O–H groups in total. The first kappa shape index (κ1) is 12.5. The van der Waals surface area contributed by atoms with Crippen LogP contribution < -0.4 is 10.6 Å². The largest absolute Gasteiger partial charge is 0.397 e. The van der Waals surface area contributed by atoms with Gasteiger partial charge in [-0.15, -0.1) is 0 Å². The number of likely N-dealkylation sites (N-methyl/N-ethyl adjacent to an activating group) is 1. The standard InChI is InChI=1S/C13H20ClN3/c1-3-16-4-6-17(7-5-16)13-11(14)8-10(2)9-12(13)15/h8-9H,3-7,15H2,1-2H3. The molecule has 1 aromatic carbocycles. The van der Waals surface area contributed by atoms with E-state index >= 15 is 0 Å². The molecule has 0 amide bonds. The van der Waals surface area contributed by atoms with Crippen molar-refractivity contribution in [2.45, 2.75) is 13.8 Å². The molecular formula is C13H20ClN3. The number of halogens is 1. The highest BCUT2D eigenvalue weighted by atomic mass is 35.5. The minimum Gasteiger partial charge on any atom is -0.397 e. The first-order valence-electron chi connectivity index (χ1n) is 6.14. The molecule has 0 bridgehead atoms. The molecule has 0 atom stereocenters. The fraction of sp³-hybridized carbons (Fsp3) is 0.538. The Morgan fingerprint density at radius 3 is 2.41 bits per heavy atom. The molecule has 94 valence electrons. The van der Waals surface area contributed by atoms with E-state index in [1.165, 1.54) is 0 Å². The summed E-state index contributed by atoms with van der Waals surface area (Å²) < 4.78 is 0. The Bertz CT molecular complexity index is 375. The lowest BCUT2D eigenvalue weighted by molar-refractivity contribution is 0.271. The van der Waals surface area contributed by atoms with Gasteiger partial charge >= 0.3 is 0 Å². The van der Waals surface area contributed by atoms with E-state index in [9.17, 15) is 0 Å². The third-order valence-corrected chi connectivity index (χ3v) is 3.66. The zero-order valence-corrected chi connectivity index (χ0v) is 11.3. The Morgan fingerprint density at radius 2 is 1.88 bits per heavy atom. The molecule has 1 saturated heterocycles. The smallest absolute Gasteiger partial charge is 0.0790 e. The van der Waals surface area contributed by atoms with Crippen molar-refractivity contribution in [3.8, 4) is 0 Å². The van der Waals surface area contributed by atoms with E-state index in [-0.39, 0.29) is 0 Å². The number of benzene rings is 1. The minimum absolute atomic E-state index is 0.771. The normalized spacial score (nSPS) is 17.5. The molecule has 17 heavy (non-hydrogen) atoms. The van der Waals surface area contributed by atoms with Gasteiger partial charge in [0, 0.05) is 26.2 Å². The number of anilines is 2. The molecule has 0 saturated carbocycles. The number of nitrogens with two attached hydrogens (primary N) is 1. The lowest BCUT2D eigenvalue weighted by atomic mass is 10.1. The molecule has 4 heteroatoms. The van der Waals surface area contributed by atoms with Crippen molar-refractivity contribution >= 4 is 23.0 Å². The van der Waals surface area contributed by atoms with Crippen LogP contribution in [-0.4, -0.2) is 37.6 Å². The predicted octanol–water partition coefficient (Wildman–Crippen LogP) is 2.37. The van der Waals surface area contributed by atoms with Gasteiger partial charge in [-0.05, 0) is 31.2 Å². The van der Waals surface area contributed by atoms with Gasteiger partial charge in [0.05, 0.1) is 16.4 Å². The van der Waals surface area contributed by atoms with Crippen LogP contribution in [0.25, 0.3) is 0 Å². The van der Waals surface area contributed by atoms with Crippen molar-refractivity contribution in [2.24, 2.45) is 0 Å². The molecule has 0 radical (unpaired) electrons. The van der Waals surface area contributed by atoms with Crippen LogP contribution in [0.5, 0.6) is 0 Å². The lowest BCUT2D eigenvalue weighted by Crippen LogP contribution is -2.46. The molecule has 1 fully saturated rings. The summed E-state index contributed by atoms with van der Waals surface area (Å²) in [6, 6.07) is 3.98. The van der Waals surface area contributed by atoms with Crippen LogP contribution in [0.1, 0.15) is 12.5 Å². The molecule has 3 nitrogen and oxygen atoms in total. The SMILES string of the molecule is CCN1CCN(c2c(N)cc(C)cc2Cl)CC1. The summed E-state index contributed by atoms with van der Waals surface area (Å²) in [6.07, 6.45) is 0. The van der Waals surface area contributed by atoms with Gasteiger partial charge in [0.15, 0.2) is 0 Å². The summed E-state index contributed by atoms with van der Waals surface area (Å²) in [5.74, 6) is 0. The van der Waals surface area contributed by atoms with E-state index in [1.54, 1.807) is 0 Å². The van der Waals surface area contributed by atoms with Gasteiger partial charge < -0.3 is 15.5 Å². The zero-order valence-electron chi connectivity index (χ0n) is 10.5. The summed E-state index contributed by atoms with van der Waals surface area (Å²) >= 11 is 6.30.